The number of nitrogens with zero attached hydrogens (tertiary/aromatic N) is 4. The first-order chi connectivity index (χ1) is 15.1. The number of fused-ring (bicyclic) bond motifs is 2. The SMILES string of the molecule is Cc1nc2ccccc2n1CCNC(=O)c1nn(-c2ccc(F)cc2)c2c1CCCC2. The first kappa shape index (κ1) is 19.5. The molecule has 2 heterocycles. The van der Waals surface area contributed by atoms with Gasteiger partial charge in [-0.2, -0.15) is 5.10 Å². The van der Waals surface area contributed by atoms with Crippen LogP contribution in [0.15, 0.2) is 48.5 Å². The van der Waals surface area contributed by atoms with Crippen molar-refractivity contribution in [3.8, 4) is 5.69 Å². The molecule has 1 aliphatic carbocycles. The molecule has 0 saturated heterocycles. The van der Waals surface area contributed by atoms with Crippen LogP contribution in [-0.4, -0.2) is 31.8 Å². The zero-order valence-electron chi connectivity index (χ0n) is 17.4. The van der Waals surface area contributed by atoms with E-state index in [4.69, 9.17) is 0 Å². The summed E-state index contributed by atoms with van der Waals surface area (Å²) in [6, 6.07) is 14.2. The Morgan fingerprint density at radius 2 is 1.87 bits per heavy atom. The Hall–Kier alpha value is -3.48. The fraction of sp³-hybridized carbons (Fsp3) is 0.292. The summed E-state index contributed by atoms with van der Waals surface area (Å²) in [5, 5.41) is 7.67. The Bertz CT molecular complexity index is 1260. The number of hydrogen-bond donors (Lipinski definition) is 1. The largest absolute Gasteiger partial charge is 0.349 e. The number of para-hydroxylation sites is 2. The van der Waals surface area contributed by atoms with E-state index in [2.05, 4.69) is 20.0 Å². The van der Waals surface area contributed by atoms with E-state index in [0.717, 1.165) is 59.5 Å². The third-order valence-electron chi connectivity index (χ3n) is 5.93. The highest BCUT2D eigenvalue weighted by atomic mass is 19.1. The third-order valence-corrected chi connectivity index (χ3v) is 5.93. The molecular formula is C24H24FN5O. The Morgan fingerprint density at radius 3 is 2.71 bits per heavy atom. The van der Waals surface area contributed by atoms with Crippen LogP contribution in [0.2, 0.25) is 0 Å². The van der Waals surface area contributed by atoms with Gasteiger partial charge in [0.1, 0.15) is 11.6 Å². The number of rotatable bonds is 5. The van der Waals surface area contributed by atoms with E-state index >= 15 is 0 Å². The summed E-state index contributed by atoms with van der Waals surface area (Å²) >= 11 is 0. The van der Waals surface area contributed by atoms with Crippen molar-refractivity contribution in [2.24, 2.45) is 0 Å². The van der Waals surface area contributed by atoms with E-state index in [9.17, 15) is 9.18 Å². The first-order valence-electron chi connectivity index (χ1n) is 10.7. The van der Waals surface area contributed by atoms with Crippen LogP contribution in [0.25, 0.3) is 16.7 Å². The molecule has 31 heavy (non-hydrogen) atoms. The quantitative estimate of drug-likeness (QED) is 0.534. The average molecular weight is 417 g/mol. The lowest BCUT2D eigenvalue weighted by Crippen LogP contribution is -2.28. The highest BCUT2D eigenvalue weighted by Gasteiger charge is 2.25. The minimum absolute atomic E-state index is 0.166. The predicted octanol–water partition coefficient (Wildman–Crippen LogP) is 3.98. The number of carbonyl (C=O) groups is 1. The molecule has 0 unspecified atom stereocenters. The number of imidazole rings is 1. The molecule has 0 spiro atoms. The summed E-state index contributed by atoms with van der Waals surface area (Å²) in [4.78, 5) is 17.6. The number of hydrogen-bond acceptors (Lipinski definition) is 3. The molecule has 0 saturated carbocycles. The highest BCUT2D eigenvalue weighted by molar-refractivity contribution is 5.94. The number of benzene rings is 2. The average Bonchev–Trinajstić information content (AvgIpc) is 3.32. The van der Waals surface area contributed by atoms with Crippen LogP contribution in [0, 0.1) is 12.7 Å². The molecule has 2 aromatic carbocycles. The molecule has 6 nitrogen and oxygen atoms in total. The van der Waals surface area contributed by atoms with Crippen LogP contribution < -0.4 is 5.32 Å². The lowest BCUT2D eigenvalue weighted by atomic mass is 9.95. The van der Waals surface area contributed by atoms with Crippen LogP contribution in [0.1, 0.15) is 40.4 Å². The molecule has 5 rings (SSSR count). The lowest BCUT2D eigenvalue weighted by Gasteiger charge is -2.14. The van der Waals surface area contributed by atoms with Crippen molar-refractivity contribution in [1.82, 2.24) is 24.6 Å². The summed E-state index contributed by atoms with van der Waals surface area (Å²) in [6.07, 6.45) is 3.81. The molecule has 4 aromatic rings. The molecule has 0 aliphatic heterocycles. The maximum absolute atomic E-state index is 13.4. The zero-order chi connectivity index (χ0) is 21.4. The fourth-order valence-corrected chi connectivity index (χ4v) is 4.42. The number of nitrogens with one attached hydrogen (secondary N) is 1. The van der Waals surface area contributed by atoms with Gasteiger partial charge in [0.2, 0.25) is 0 Å². The number of amides is 1. The van der Waals surface area contributed by atoms with Crippen LogP contribution in [0.3, 0.4) is 0 Å². The minimum Gasteiger partial charge on any atom is -0.349 e. The van der Waals surface area contributed by atoms with Crippen LogP contribution >= 0.6 is 0 Å². The van der Waals surface area contributed by atoms with Crippen LogP contribution in [0.4, 0.5) is 4.39 Å². The van der Waals surface area contributed by atoms with Crippen molar-refractivity contribution in [3.05, 3.63) is 77.1 Å². The minimum atomic E-state index is -0.287. The van der Waals surface area contributed by atoms with Crippen molar-refractivity contribution in [2.75, 3.05) is 6.54 Å². The molecule has 2 aromatic heterocycles. The van der Waals surface area contributed by atoms with Gasteiger partial charge in [-0.15, -0.1) is 0 Å². The van der Waals surface area contributed by atoms with Gasteiger partial charge in [-0.1, -0.05) is 12.1 Å². The summed E-state index contributed by atoms with van der Waals surface area (Å²) in [5.74, 6) is 0.472. The monoisotopic (exact) mass is 417 g/mol. The molecule has 0 bridgehead atoms. The van der Waals surface area contributed by atoms with Gasteiger partial charge in [-0.25, -0.2) is 14.1 Å². The van der Waals surface area contributed by atoms with E-state index < -0.39 is 0 Å². The van der Waals surface area contributed by atoms with Gasteiger partial charge in [0.15, 0.2) is 5.69 Å². The van der Waals surface area contributed by atoms with E-state index in [0.29, 0.717) is 18.8 Å². The number of aryl methyl sites for hydroxylation is 1. The fourth-order valence-electron chi connectivity index (χ4n) is 4.42. The third kappa shape index (κ3) is 3.60. The molecule has 0 radical (unpaired) electrons. The van der Waals surface area contributed by atoms with Crippen molar-refractivity contribution in [2.45, 2.75) is 39.2 Å². The second kappa shape index (κ2) is 7.98. The van der Waals surface area contributed by atoms with Crippen molar-refractivity contribution in [1.29, 1.82) is 0 Å². The predicted molar refractivity (Wildman–Crippen MR) is 117 cm³/mol. The number of aromatic nitrogens is 4. The van der Waals surface area contributed by atoms with Crippen molar-refractivity contribution >= 4 is 16.9 Å². The summed E-state index contributed by atoms with van der Waals surface area (Å²) < 4.78 is 17.3. The van der Waals surface area contributed by atoms with Gasteiger partial charge in [0.25, 0.3) is 5.91 Å². The second-order valence-electron chi connectivity index (χ2n) is 7.92. The van der Waals surface area contributed by atoms with Gasteiger partial charge in [0.05, 0.1) is 16.7 Å². The van der Waals surface area contributed by atoms with Gasteiger partial charge >= 0.3 is 0 Å². The molecular weight excluding hydrogens is 393 g/mol. The Balaban J connectivity index is 1.37. The maximum atomic E-state index is 13.4. The summed E-state index contributed by atoms with van der Waals surface area (Å²) in [5.41, 5.74) is 5.34. The van der Waals surface area contributed by atoms with Crippen molar-refractivity contribution in [3.63, 3.8) is 0 Å². The van der Waals surface area contributed by atoms with Crippen LogP contribution in [-0.2, 0) is 19.4 Å². The van der Waals surface area contributed by atoms with Gasteiger partial charge in [0, 0.05) is 24.3 Å². The molecule has 0 fully saturated rings. The molecule has 1 N–H and O–H groups in total. The van der Waals surface area contributed by atoms with Gasteiger partial charge in [-0.3, -0.25) is 4.79 Å². The van der Waals surface area contributed by atoms with Crippen molar-refractivity contribution < 1.29 is 9.18 Å². The molecule has 0 atom stereocenters. The van der Waals surface area contributed by atoms with E-state index in [1.807, 2.05) is 31.2 Å². The highest BCUT2D eigenvalue weighted by Crippen LogP contribution is 2.27. The summed E-state index contributed by atoms with van der Waals surface area (Å²) in [6.45, 7) is 3.10. The van der Waals surface area contributed by atoms with Crippen LogP contribution in [0.5, 0.6) is 0 Å². The zero-order valence-corrected chi connectivity index (χ0v) is 17.4. The Morgan fingerprint density at radius 1 is 1.10 bits per heavy atom. The topological polar surface area (TPSA) is 64.7 Å². The lowest BCUT2D eigenvalue weighted by molar-refractivity contribution is 0.0946. The van der Waals surface area contributed by atoms with E-state index in [1.54, 1.807) is 16.8 Å². The molecule has 1 aliphatic rings. The molecule has 7 heteroatoms. The standard InChI is InChI=1S/C24H24FN5O/c1-16-27-20-7-3-5-9-22(20)29(16)15-14-26-24(31)23-19-6-2-4-8-21(19)30(28-23)18-12-10-17(25)11-13-18/h3,5,7,9-13H,2,4,6,8,14-15H2,1H3,(H,26,31). The summed E-state index contributed by atoms with van der Waals surface area (Å²) in [7, 11) is 0. The molecule has 1 amide bonds. The number of carbonyl (C=O) groups excluding carboxylic acids is 1. The molecule has 158 valence electrons. The van der Waals surface area contributed by atoms with E-state index in [1.165, 1.54) is 12.1 Å². The maximum Gasteiger partial charge on any atom is 0.272 e. The van der Waals surface area contributed by atoms with Gasteiger partial charge in [-0.05, 0) is 69.0 Å². The van der Waals surface area contributed by atoms with E-state index in [-0.39, 0.29) is 11.7 Å². The Kier molecular flexibility index (Phi) is 5.02. The van der Waals surface area contributed by atoms with Gasteiger partial charge < -0.3 is 9.88 Å². The first-order valence-corrected chi connectivity index (χ1v) is 10.7. The smallest absolute Gasteiger partial charge is 0.272 e. The normalized spacial score (nSPS) is 13.4. The second-order valence-corrected chi connectivity index (χ2v) is 7.92. The number of halogens is 1. The Labute approximate surface area is 179 Å².